The van der Waals surface area contributed by atoms with Gasteiger partial charge in [-0.15, -0.1) is 12.8 Å². The van der Waals surface area contributed by atoms with E-state index in [2.05, 4.69) is 29.9 Å². The van der Waals surface area contributed by atoms with Crippen LogP contribution in [0.5, 0.6) is 0 Å². The van der Waals surface area contributed by atoms with Crippen molar-refractivity contribution in [1.29, 1.82) is 0 Å². The molecule has 4 nitrogen and oxygen atoms in total. The van der Waals surface area contributed by atoms with Gasteiger partial charge in [0.2, 0.25) is 0 Å². The van der Waals surface area contributed by atoms with Crippen molar-refractivity contribution in [2.24, 2.45) is 23.2 Å². The Morgan fingerprint density at radius 1 is 1.21 bits per heavy atom. The van der Waals surface area contributed by atoms with Gasteiger partial charge in [0, 0.05) is 6.61 Å². The number of aliphatic hydroxyl groups is 1. The number of nitrogens with one attached hydrogen (secondary N) is 2. The van der Waals surface area contributed by atoms with Crippen molar-refractivity contribution < 1.29 is 9.90 Å². The van der Waals surface area contributed by atoms with E-state index in [-0.39, 0.29) is 17.9 Å². The van der Waals surface area contributed by atoms with E-state index in [0.29, 0.717) is 29.0 Å². The molecule has 1 amide bonds. The van der Waals surface area contributed by atoms with Gasteiger partial charge < -0.3 is 46.8 Å². The molecule has 0 saturated heterocycles. The molecule has 0 aliphatic heterocycles. The van der Waals surface area contributed by atoms with Crippen LogP contribution in [0, 0.1) is 42.4 Å². The molecule has 1 aromatic carbocycles. The zero-order valence-electron chi connectivity index (χ0n) is 17.0. The lowest BCUT2D eigenvalue weighted by molar-refractivity contribution is 0.0766. The largest absolute Gasteiger partial charge is 0.396 e. The van der Waals surface area contributed by atoms with Crippen LogP contribution in [0.25, 0.3) is 0 Å². The monoisotopic (exact) mass is 415 g/mol. The van der Waals surface area contributed by atoms with E-state index >= 15 is 0 Å². The van der Waals surface area contributed by atoms with Gasteiger partial charge in [-0.05, 0) is 56.6 Å². The molecular weight excluding hydrogens is 384 g/mol. The van der Waals surface area contributed by atoms with Crippen molar-refractivity contribution >= 4 is 17.5 Å². The van der Waals surface area contributed by atoms with Gasteiger partial charge in [-0.1, -0.05) is 30.0 Å². The molecule has 160 valence electrons. The molecular formula is C24H32ClN2O2-3. The summed E-state index contributed by atoms with van der Waals surface area (Å²) in [4.78, 5) is 12.9. The summed E-state index contributed by atoms with van der Waals surface area (Å²) in [7, 11) is 0. The van der Waals surface area contributed by atoms with Gasteiger partial charge in [0.05, 0.1) is 10.6 Å². The summed E-state index contributed by atoms with van der Waals surface area (Å²) in [5.41, 5.74) is 1.77. The summed E-state index contributed by atoms with van der Waals surface area (Å²) < 4.78 is 0. The third kappa shape index (κ3) is 5.15. The lowest BCUT2D eigenvalue weighted by atomic mass is 9.49. The minimum Gasteiger partial charge on any atom is -0.396 e. The maximum Gasteiger partial charge on any atom is 0.252 e. The number of halogens is 1. The zero-order valence-corrected chi connectivity index (χ0v) is 17.8. The summed E-state index contributed by atoms with van der Waals surface area (Å²) in [6.45, 7) is 2.64. The standard InChI is InChI=1S/C24H32ClN2O2/c25-22-5-4-17(3-1-6-26-7-2-8-28)12-21(22)23(29)27-16-24-13-18-9-19(14-24)11-20(10-18)15-24/h4-5,9,12-14,18-20,26,28H,1-3,6-8,10-11,15-16H2,(H,27,29)/q-3/t18-,19+,20?,24?. The summed E-state index contributed by atoms with van der Waals surface area (Å²) in [6.07, 6.45) is 13.8. The number of carbonyl (C=O) groups is 1. The topological polar surface area (TPSA) is 61.4 Å². The number of aliphatic hydroxyl groups excluding tert-OH is 1. The van der Waals surface area contributed by atoms with Gasteiger partial charge >= 0.3 is 0 Å². The van der Waals surface area contributed by atoms with Crippen LogP contribution < -0.4 is 10.6 Å². The molecule has 2 unspecified atom stereocenters. The maximum absolute atomic E-state index is 12.9. The summed E-state index contributed by atoms with van der Waals surface area (Å²) in [6, 6.07) is 5.78. The highest BCUT2D eigenvalue weighted by Gasteiger charge is 2.32. The van der Waals surface area contributed by atoms with Crippen molar-refractivity contribution in [3.63, 3.8) is 0 Å². The molecule has 4 fully saturated rings. The fraction of sp³-hybridized carbons (Fsp3) is 0.583. The van der Waals surface area contributed by atoms with E-state index in [1.165, 1.54) is 19.3 Å². The molecule has 4 aliphatic carbocycles. The van der Waals surface area contributed by atoms with Gasteiger partial charge in [0.25, 0.3) is 5.91 Å². The number of aryl methyl sites for hydroxylation is 1. The first-order valence-corrected chi connectivity index (χ1v) is 11.4. The third-order valence-corrected chi connectivity index (χ3v) is 6.98. The van der Waals surface area contributed by atoms with Crippen LogP contribution >= 0.6 is 11.6 Å². The van der Waals surface area contributed by atoms with Gasteiger partial charge in [0.15, 0.2) is 0 Å². The van der Waals surface area contributed by atoms with E-state index in [9.17, 15) is 4.79 Å². The highest BCUT2D eigenvalue weighted by atomic mass is 35.5. The normalized spacial score (nSPS) is 29.9. The number of amides is 1. The lowest BCUT2D eigenvalue weighted by Gasteiger charge is -2.77. The number of carbonyl (C=O) groups excluding carboxylic acids is 1. The van der Waals surface area contributed by atoms with E-state index in [4.69, 9.17) is 16.7 Å². The minimum absolute atomic E-state index is 0.0607. The van der Waals surface area contributed by atoms with Crippen LogP contribution in [0.3, 0.4) is 0 Å². The Hall–Kier alpha value is -1.10. The second kappa shape index (κ2) is 9.36. The first kappa shape index (κ1) is 21.1. The van der Waals surface area contributed by atoms with Crippen LogP contribution in [-0.2, 0) is 6.42 Å². The predicted molar refractivity (Wildman–Crippen MR) is 116 cm³/mol. The highest BCUT2D eigenvalue weighted by molar-refractivity contribution is 6.33. The molecule has 0 aromatic heterocycles. The molecule has 5 heteroatoms. The Morgan fingerprint density at radius 2 is 1.97 bits per heavy atom. The van der Waals surface area contributed by atoms with Crippen molar-refractivity contribution in [2.45, 2.75) is 38.5 Å². The molecule has 29 heavy (non-hydrogen) atoms. The fourth-order valence-electron chi connectivity index (χ4n) is 5.51. The van der Waals surface area contributed by atoms with Gasteiger partial charge in [0.1, 0.15) is 0 Å². The molecule has 5 rings (SSSR count). The van der Waals surface area contributed by atoms with Gasteiger partial charge in [-0.25, -0.2) is 0 Å². The van der Waals surface area contributed by atoms with Gasteiger partial charge in [-0.3, -0.25) is 10.2 Å². The summed E-state index contributed by atoms with van der Waals surface area (Å²) in [5, 5.41) is 15.8. The Morgan fingerprint density at radius 3 is 2.69 bits per heavy atom. The molecule has 0 radical (unpaired) electrons. The average Bonchev–Trinajstić information content (AvgIpc) is 2.69. The Kier molecular flexibility index (Phi) is 6.83. The Bertz CT molecular complexity index is 686. The van der Waals surface area contributed by atoms with Crippen molar-refractivity contribution in [3.05, 3.63) is 53.6 Å². The molecule has 0 spiro atoms. The molecule has 0 heterocycles. The molecule has 4 aliphatic rings. The zero-order chi connectivity index (χ0) is 20.3. The number of hydrogen-bond acceptors (Lipinski definition) is 3. The van der Waals surface area contributed by atoms with E-state index < -0.39 is 0 Å². The average molecular weight is 416 g/mol. The van der Waals surface area contributed by atoms with Gasteiger partial charge in [-0.2, -0.15) is 0 Å². The van der Waals surface area contributed by atoms with Crippen molar-refractivity contribution in [2.75, 3.05) is 26.2 Å². The van der Waals surface area contributed by atoms with Crippen LogP contribution in [0.2, 0.25) is 5.02 Å². The number of benzene rings is 1. The maximum atomic E-state index is 12.9. The summed E-state index contributed by atoms with van der Waals surface area (Å²) >= 11 is 6.35. The Labute approximate surface area is 179 Å². The first-order valence-electron chi connectivity index (χ1n) is 11.0. The lowest BCUT2D eigenvalue weighted by Crippen LogP contribution is -2.52. The van der Waals surface area contributed by atoms with Crippen LogP contribution in [-0.4, -0.2) is 37.3 Å². The first-order chi connectivity index (χ1) is 14.1. The minimum atomic E-state index is -0.0700. The quantitative estimate of drug-likeness (QED) is 0.404. The second-order valence-corrected chi connectivity index (χ2v) is 9.46. The molecule has 4 bridgehead atoms. The van der Waals surface area contributed by atoms with E-state index in [0.717, 1.165) is 43.8 Å². The molecule has 4 atom stereocenters. The van der Waals surface area contributed by atoms with Crippen LogP contribution in [0.15, 0.2) is 18.2 Å². The SMILES string of the molecule is O=C(NCC12[CH-][C@H]3[CH-][C@@H]([CH-]1)CC(C3)C2)c1cc(CCCNCCCO)ccc1Cl. The highest BCUT2D eigenvalue weighted by Crippen LogP contribution is 2.58. The van der Waals surface area contributed by atoms with E-state index in [1.54, 1.807) is 0 Å². The van der Waals surface area contributed by atoms with E-state index in [1.807, 2.05) is 18.2 Å². The fourth-order valence-corrected chi connectivity index (χ4v) is 5.72. The Balaban J connectivity index is 1.30. The third-order valence-electron chi connectivity index (χ3n) is 6.65. The van der Waals surface area contributed by atoms with Crippen LogP contribution in [0.1, 0.15) is 48.0 Å². The molecule has 3 N–H and O–H groups in total. The van der Waals surface area contributed by atoms with Crippen molar-refractivity contribution in [1.82, 2.24) is 10.6 Å². The van der Waals surface area contributed by atoms with Crippen LogP contribution in [0.4, 0.5) is 0 Å². The summed E-state index contributed by atoms with van der Waals surface area (Å²) in [5.74, 6) is 1.97. The molecule has 1 aromatic rings. The number of rotatable bonds is 10. The smallest absolute Gasteiger partial charge is 0.252 e. The predicted octanol–water partition coefficient (Wildman–Crippen LogP) is 3.63. The second-order valence-electron chi connectivity index (χ2n) is 9.06. The van der Waals surface area contributed by atoms with Crippen molar-refractivity contribution in [3.8, 4) is 0 Å². The molecule has 4 saturated carbocycles. The number of hydrogen-bond donors (Lipinski definition) is 3.